The second-order valence-electron chi connectivity index (χ2n) is 6.42. The minimum Gasteiger partial charge on any atom is -0.467 e. The fraction of sp³-hybridized carbons (Fsp3) is 0.0909. The summed E-state index contributed by atoms with van der Waals surface area (Å²) in [6.45, 7) is 0.268. The molecule has 8 heteroatoms. The molecule has 2 amide bonds. The Bertz CT molecular complexity index is 1140. The number of carbonyl (C=O) groups is 2. The van der Waals surface area contributed by atoms with Gasteiger partial charge in [-0.05, 0) is 36.4 Å². The Balaban J connectivity index is 1.40. The molecular weight excluding hydrogens is 400 g/mol. The third-order valence-corrected chi connectivity index (χ3v) is 5.19. The number of nitrogens with one attached hydrogen (secondary N) is 2. The lowest BCUT2D eigenvalue weighted by Gasteiger charge is -2.10. The molecule has 0 spiro atoms. The van der Waals surface area contributed by atoms with Gasteiger partial charge in [-0.3, -0.25) is 14.6 Å². The minimum atomic E-state index is -0.296. The molecule has 0 atom stereocenters. The maximum absolute atomic E-state index is 12.5. The Morgan fingerprint density at radius 2 is 1.97 bits per heavy atom. The normalized spacial score (nSPS) is 10.5. The standard InChI is InChI=1S/C22H18N4O3S/c27-20(11-16-14-30-22(25-16)15-5-3-9-23-12-15)26-19-8-2-1-7-18(19)21(28)24-13-17-6-4-10-29-17/h1-10,12,14H,11,13H2,(H,24,28)(H,26,27). The molecule has 150 valence electrons. The van der Waals surface area contributed by atoms with Crippen molar-refractivity contribution in [2.75, 3.05) is 5.32 Å². The predicted octanol–water partition coefficient (Wildman–Crippen LogP) is 3.91. The van der Waals surface area contributed by atoms with E-state index in [1.807, 2.05) is 17.5 Å². The van der Waals surface area contributed by atoms with Crippen molar-refractivity contribution in [1.82, 2.24) is 15.3 Å². The van der Waals surface area contributed by atoms with Crippen molar-refractivity contribution < 1.29 is 14.0 Å². The molecule has 0 aliphatic carbocycles. The van der Waals surface area contributed by atoms with Crippen molar-refractivity contribution in [2.24, 2.45) is 0 Å². The van der Waals surface area contributed by atoms with Crippen molar-refractivity contribution in [1.29, 1.82) is 0 Å². The lowest BCUT2D eigenvalue weighted by atomic mass is 10.1. The van der Waals surface area contributed by atoms with E-state index >= 15 is 0 Å². The number of aromatic nitrogens is 2. The molecule has 0 aliphatic rings. The Labute approximate surface area is 176 Å². The predicted molar refractivity (Wildman–Crippen MR) is 114 cm³/mol. The molecule has 0 aliphatic heterocycles. The molecule has 4 aromatic rings. The zero-order valence-corrected chi connectivity index (χ0v) is 16.7. The van der Waals surface area contributed by atoms with Crippen LogP contribution in [-0.2, 0) is 17.8 Å². The van der Waals surface area contributed by atoms with Gasteiger partial charge in [-0.15, -0.1) is 11.3 Å². The van der Waals surface area contributed by atoms with Gasteiger partial charge in [-0.25, -0.2) is 4.98 Å². The minimum absolute atomic E-state index is 0.110. The van der Waals surface area contributed by atoms with Gasteiger partial charge in [0, 0.05) is 23.3 Å². The van der Waals surface area contributed by atoms with E-state index in [4.69, 9.17) is 4.42 Å². The zero-order valence-electron chi connectivity index (χ0n) is 15.9. The van der Waals surface area contributed by atoms with Gasteiger partial charge in [-0.1, -0.05) is 12.1 Å². The number of benzene rings is 1. The third-order valence-electron chi connectivity index (χ3n) is 4.25. The molecule has 3 heterocycles. The second kappa shape index (κ2) is 9.15. The van der Waals surface area contributed by atoms with Gasteiger partial charge in [0.2, 0.25) is 5.91 Å². The van der Waals surface area contributed by atoms with E-state index in [1.54, 1.807) is 55.1 Å². The summed E-state index contributed by atoms with van der Waals surface area (Å²) in [6.07, 6.45) is 5.10. The van der Waals surface area contributed by atoms with E-state index < -0.39 is 0 Å². The van der Waals surface area contributed by atoms with Crippen molar-refractivity contribution in [3.63, 3.8) is 0 Å². The third kappa shape index (κ3) is 4.79. The molecule has 0 saturated carbocycles. The van der Waals surface area contributed by atoms with Crippen molar-refractivity contribution in [3.8, 4) is 10.6 Å². The highest BCUT2D eigenvalue weighted by molar-refractivity contribution is 7.13. The molecule has 0 saturated heterocycles. The van der Waals surface area contributed by atoms with Crippen LogP contribution in [0, 0.1) is 0 Å². The van der Waals surface area contributed by atoms with Crippen LogP contribution in [0.15, 0.2) is 77.0 Å². The van der Waals surface area contributed by atoms with E-state index in [2.05, 4.69) is 20.6 Å². The van der Waals surface area contributed by atoms with Crippen LogP contribution in [-0.4, -0.2) is 21.8 Å². The number of para-hydroxylation sites is 1. The topological polar surface area (TPSA) is 97.1 Å². The van der Waals surface area contributed by atoms with E-state index in [0.717, 1.165) is 10.6 Å². The highest BCUT2D eigenvalue weighted by Gasteiger charge is 2.15. The molecule has 4 rings (SSSR count). The van der Waals surface area contributed by atoms with E-state index in [9.17, 15) is 9.59 Å². The molecule has 0 fully saturated rings. The summed E-state index contributed by atoms with van der Waals surface area (Å²) in [5, 5.41) is 8.26. The van der Waals surface area contributed by atoms with Gasteiger partial charge < -0.3 is 15.1 Å². The fourth-order valence-corrected chi connectivity index (χ4v) is 3.65. The van der Waals surface area contributed by atoms with Gasteiger partial charge >= 0.3 is 0 Å². The van der Waals surface area contributed by atoms with E-state index in [-0.39, 0.29) is 24.8 Å². The van der Waals surface area contributed by atoms with Crippen molar-refractivity contribution in [3.05, 3.63) is 89.6 Å². The number of furan rings is 1. The molecule has 7 nitrogen and oxygen atoms in total. The monoisotopic (exact) mass is 418 g/mol. The first-order valence-corrected chi connectivity index (χ1v) is 10.1. The van der Waals surface area contributed by atoms with Gasteiger partial charge in [0.05, 0.1) is 36.2 Å². The first kappa shape index (κ1) is 19.5. The number of hydrogen-bond donors (Lipinski definition) is 2. The highest BCUT2D eigenvalue weighted by Crippen LogP contribution is 2.23. The van der Waals surface area contributed by atoms with Crippen LogP contribution in [0.3, 0.4) is 0 Å². The number of thiazole rings is 1. The van der Waals surface area contributed by atoms with E-state index in [1.165, 1.54) is 11.3 Å². The average Bonchev–Trinajstić information content (AvgIpc) is 3.45. The summed E-state index contributed by atoms with van der Waals surface area (Å²) in [4.78, 5) is 33.7. The second-order valence-corrected chi connectivity index (χ2v) is 7.28. The van der Waals surface area contributed by atoms with Gasteiger partial charge in [0.15, 0.2) is 0 Å². The fourth-order valence-electron chi connectivity index (χ4n) is 2.83. The van der Waals surface area contributed by atoms with Crippen LogP contribution in [0.2, 0.25) is 0 Å². The first-order chi connectivity index (χ1) is 14.7. The smallest absolute Gasteiger partial charge is 0.253 e. The number of hydrogen-bond acceptors (Lipinski definition) is 6. The SMILES string of the molecule is O=C(Cc1csc(-c2cccnc2)n1)Nc1ccccc1C(=O)NCc1ccco1. The summed E-state index contributed by atoms with van der Waals surface area (Å²) < 4.78 is 5.22. The number of nitrogens with zero attached hydrogens (tertiary/aromatic N) is 2. The maximum Gasteiger partial charge on any atom is 0.253 e. The number of amides is 2. The molecule has 0 radical (unpaired) electrons. The lowest BCUT2D eigenvalue weighted by Crippen LogP contribution is -2.25. The van der Waals surface area contributed by atoms with Gasteiger partial charge in [0.1, 0.15) is 10.8 Å². The van der Waals surface area contributed by atoms with Gasteiger partial charge in [-0.2, -0.15) is 0 Å². The molecular formula is C22H18N4O3S. The van der Waals surface area contributed by atoms with Crippen LogP contribution in [0.4, 0.5) is 5.69 Å². The quantitative estimate of drug-likeness (QED) is 0.474. The lowest BCUT2D eigenvalue weighted by molar-refractivity contribution is -0.115. The average molecular weight is 418 g/mol. The summed E-state index contributed by atoms with van der Waals surface area (Å²) in [7, 11) is 0. The Morgan fingerprint density at radius 3 is 2.77 bits per heavy atom. The Morgan fingerprint density at radius 1 is 1.07 bits per heavy atom. The summed E-state index contributed by atoms with van der Waals surface area (Å²) in [5.41, 5.74) is 2.40. The molecule has 2 N–H and O–H groups in total. The van der Waals surface area contributed by atoms with Crippen LogP contribution < -0.4 is 10.6 Å². The zero-order chi connectivity index (χ0) is 20.8. The van der Waals surface area contributed by atoms with Crippen LogP contribution >= 0.6 is 11.3 Å². The highest BCUT2D eigenvalue weighted by atomic mass is 32.1. The van der Waals surface area contributed by atoms with Gasteiger partial charge in [0.25, 0.3) is 5.91 Å². The number of rotatable bonds is 7. The molecule has 3 aromatic heterocycles. The Kier molecular flexibility index (Phi) is 5.95. The van der Waals surface area contributed by atoms with Crippen LogP contribution in [0.5, 0.6) is 0 Å². The van der Waals surface area contributed by atoms with Crippen LogP contribution in [0.1, 0.15) is 21.8 Å². The van der Waals surface area contributed by atoms with Crippen molar-refractivity contribution in [2.45, 2.75) is 13.0 Å². The molecule has 0 unspecified atom stereocenters. The number of carbonyl (C=O) groups excluding carboxylic acids is 2. The van der Waals surface area contributed by atoms with Crippen molar-refractivity contribution >= 4 is 28.8 Å². The summed E-state index contributed by atoms with van der Waals surface area (Å²) >= 11 is 1.46. The van der Waals surface area contributed by atoms with Crippen LogP contribution in [0.25, 0.3) is 10.6 Å². The number of pyridine rings is 1. The molecule has 30 heavy (non-hydrogen) atoms. The first-order valence-electron chi connectivity index (χ1n) is 9.23. The number of anilines is 1. The summed E-state index contributed by atoms with van der Waals surface area (Å²) in [6, 6.07) is 14.2. The summed E-state index contributed by atoms with van der Waals surface area (Å²) in [5.74, 6) is 0.108. The Hall–Kier alpha value is -3.78. The largest absolute Gasteiger partial charge is 0.467 e. The maximum atomic E-state index is 12.5. The molecule has 0 bridgehead atoms. The van der Waals surface area contributed by atoms with E-state index in [0.29, 0.717) is 22.7 Å². The molecule has 1 aromatic carbocycles.